The second-order valence-corrected chi connectivity index (χ2v) is 6.25. The number of amides is 1. The summed E-state index contributed by atoms with van der Waals surface area (Å²) in [7, 11) is 0. The van der Waals surface area contributed by atoms with E-state index in [0.29, 0.717) is 12.1 Å². The number of benzene rings is 2. The molecule has 2 aromatic carbocycles. The van der Waals surface area contributed by atoms with Crippen LogP contribution < -0.4 is 10.6 Å². The van der Waals surface area contributed by atoms with Crippen LogP contribution in [-0.2, 0) is 4.79 Å². The van der Waals surface area contributed by atoms with Crippen LogP contribution in [0.5, 0.6) is 0 Å². The van der Waals surface area contributed by atoms with Crippen LogP contribution in [0.4, 0.5) is 4.39 Å². The maximum atomic E-state index is 14.0. The molecule has 0 spiro atoms. The van der Waals surface area contributed by atoms with Gasteiger partial charge in [0.15, 0.2) is 0 Å². The minimum Gasteiger partial charge on any atom is -0.355 e. The van der Waals surface area contributed by atoms with Crippen molar-refractivity contribution in [1.29, 1.82) is 0 Å². The lowest BCUT2D eigenvalue weighted by molar-refractivity contribution is -0.122. The maximum absolute atomic E-state index is 14.0. The van der Waals surface area contributed by atoms with Crippen LogP contribution in [0.25, 0.3) is 11.1 Å². The lowest BCUT2D eigenvalue weighted by atomic mass is 9.98. The molecule has 2 unspecified atom stereocenters. The van der Waals surface area contributed by atoms with E-state index in [-0.39, 0.29) is 23.8 Å². The van der Waals surface area contributed by atoms with Crippen LogP contribution in [0.3, 0.4) is 0 Å². The second kappa shape index (κ2) is 7.58. The zero-order valence-corrected chi connectivity index (χ0v) is 13.9. The van der Waals surface area contributed by atoms with Gasteiger partial charge in [-0.05, 0) is 42.5 Å². The van der Waals surface area contributed by atoms with Crippen LogP contribution in [0.15, 0.2) is 48.5 Å². The number of carbonyl (C=O) groups is 1. The summed E-state index contributed by atoms with van der Waals surface area (Å²) in [6, 6.07) is 14.7. The van der Waals surface area contributed by atoms with E-state index in [1.807, 2.05) is 37.3 Å². The maximum Gasteiger partial charge on any atom is 0.237 e. The molecule has 2 aromatic rings. The van der Waals surface area contributed by atoms with Gasteiger partial charge in [-0.1, -0.05) is 43.3 Å². The number of carbonyl (C=O) groups excluding carboxylic acids is 1. The minimum absolute atomic E-state index is 0.0737. The Balaban J connectivity index is 1.74. The Kier molecular flexibility index (Phi) is 5.26. The summed E-state index contributed by atoms with van der Waals surface area (Å²) in [6.07, 6.45) is 2.67. The first-order valence-electron chi connectivity index (χ1n) is 8.57. The number of nitrogens with one attached hydrogen (secondary N) is 2. The first-order chi connectivity index (χ1) is 11.7. The average Bonchev–Trinajstić information content (AvgIpc) is 3.10. The summed E-state index contributed by atoms with van der Waals surface area (Å²) in [5.74, 6) is -0.143. The van der Waals surface area contributed by atoms with Crippen molar-refractivity contribution in [3.05, 3.63) is 59.9 Å². The second-order valence-electron chi connectivity index (χ2n) is 6.25. The smallest absolute Gasteiger partial charge is 0.237 e. The van der Waals surface area contributed by atoms with Crippen molar-refractivity contribution in [2.24, 2.45) is 0 Å². The first kappa shape index (κ1) is 16.7. The number of halogens is 1. The van der Waals surface area contributed by atoms with E-state index in [1.165, 1.54) is 6.07 Å². The molecule has 126 valence electrons. The minimum atomic E-state index is -0.217. The van der Waals surface area contributed by atoms with Crippen molar-refractivity contribution in [2.45, 2.75) is 38.3 Å². The van der Waals surface area contributed by atoms with E-state index in [0.717, 1.165) is 30.4 Å². The van der Waals surface area contributed by atoms with Crippen molar-refractivity contribution in [1.82, 2.24) is 10.6 Å². The predicted molar refractivity (Wildman–Crippen MR) is 94.0 cm³/mol. The van der Waals surface area contributed by atoms with Crippen molar-refractivity contribution < 1.29 is 9.18 Å². The quantitative estimate of drug-likeness (QED) is 0.877. The fraction of sp³-hybridized carbons (Fsp3) is 0.350. The highest BCUT2D eigenvalue weighted by atomic mass is 19.1. The molecule has 1 heterocycles. The lowest BCUT2D eigenvalue weighted by Gasteiger charge is -2.15. The molecule has 1 aliphatic heterocycles. The number of rotatable bonds is 5. The molecule has 3 rings (SSSR count). The lowest BCUT2D eigenvalue weighted by Crippen LogP contribution is -2.41. The normalized spacial score (nSPS) is 20.1. The standard InChI is InChI=1S/C20H23FN2O/c1-2-12-22-20(24)19-11-10-18(23-19)15-7-5-6-14(13-15)16-8-3-4-9-17(16)21/h3-9,13,18-19,23H,2,10-12H2,1H3,(H,22,24). The van der Waals surface area contributed by atoms with Crippen LogP contribution in [0, 0.1) is 5.82 Å². The summed E-state index contributed by atoms with van der Waals surface area (Å²) in [6.45, 7) is 2.75. The van der Waals surface area contributed by atoms with Gasteiger partial charge in [0.1, 0.15) is 5.82 Å². The molecular weight excluding hydrogens is 303 g/mol. The van der Waals surface area contributed by atoms with Crippen molar-refractivity contribution in [3.63, 3.8) is 0 Å². The van der Waals surface area contributed by atoms with E-state index < -0.39 is 0 Å². The monoisotopic (exact) mass is 326 g/mol. The molecule has 0 bridgehead atoms. The molecule has 24 heavy (non-hydrogen) atoms. The third kappa shape index (κ3) is 3.65. The van der Waals surface area contributed by atoms with Gasteiger partial charge in [-0.15, -0.1) is 0 Å². The molecular formula is C20H23FN2O. The molecule has 1 saturated heterocycles. The number of hydrogen-bond donors (Lipinski definition) is 2. The van der Waals surface area contributed by atoms with Gasteiger partial charge in [-0.25, -0.2) is 4.39 Å². The predicted octanol–water partition coefficient (Wildman–Crippen LogP) is 3.81. The SMILES string of the molecule is CCCNC(=O)C1CCC(c2cccc(-c3ccccc3F)c2)N1. The van der Waals surface area contributed by atoms with Gasteiger partial charge in [0, 0.05) is 18.2 Å². The van der Waals surface area contributed by atoms with Crippen molar-refractivity contribution in [3.8, 4) is 11.1 Å². The highest BCUT2D eigenvalue weighted by Gasteiger charge is 2.29. The molecule has 0 aromatic heterocycles. The molecule has 2 atom stereocenters. The summed E-state index contributed by atoms with van der Waals surface area (Å²) >= 11 is 0. The van der Waals surface area contributed by atoms with Crippen LogP contribution in [0.1, 0.15) is 37.8 Å². The third-order valence-electron chi connectivity index (χ3n) is 4.49. The summed E-state index contributed by atoms with van der Waals surface area (Å²) < 4.78 is 14.0. The van der Waals surface area contributed by atoms with E-state index in [9.17, 15) is 9.18 Å². The van der Waals surface area contributed by atoms with Gasteiger partial charge in [-0.2, -0.15) is 0 Å². The molecule has 4 heteroatoms. The third-order valence-corrected chi connectivity index (χ3v) is 4.49. The van der Waals surface area contributed by atoms with Crippen molar-refractivity contribution >= 4 is 5.91 Å². The van der Waals surface area contributed by atoms with E-state index in [1.54, 1.807) is 12.1 Å². The van der Waals surface area contributed by atoms with Crippen LogP contribution in [0.2, 0.25) is 0 Å². The highest BCUT2D eigenvalue weighted by molar-refractivity contribution is 5.82. The van der Waals surface area contributed by atoms with Gasteiger partial charge in [0.05, 0.1) is 6.04 Å². The fourth-order valence-electron chi connectivity index (χ4n) is 3.20. The van der Waals surface area contributed by atoms with E-state index >= 15 is 0 Å². The zero-order chi connectivity index (χ0) is 16.9. The molecule has 0 radical (unpaired) electrons. The molecule has 1 aliphatic rings. The molecule has 0 saturated carbocycles. The van der Waals surface area contributed by atoms with Gasteiger partial charge in [-0.3, -0.25) is 10.1 Å². The van der Waals surface area contributed by atoms with E-state index in [4.69, 9.17) is 0 Å². The summed E-state index contributed by atoms with van der Waals surface area (Å²) in [5, 5.41) is 6.34. The number of hydrogen-bond acceptors (Lipinski definition) is 2. The Bertz CT molecular complexity index is 716. The fourth-order valence-corrected chi connectivity index (χ4v) is 3.20. The van der Waals surface area contributed by atoms with Gasteiger partial charge < -0.3 is 5.32 Å². The Labute approximate surface area is 142 Å². The average molecular weight is 326 g/mol. The molecule has 0 aliphatic carbocycles. The van der Waals surface area contributed by atoms with Gasteiger partial charge >= 0.3 is 0 Å². The molecule has 2 N–H and O–H groups in total. The van der Waals surface area contributed by atoms with Gasteiger partial charge in [0.25, 0.3) is 0 Å². The zero-order valence-electron chi connectivity index (χ0n) is 13.9. The Hall–Kier alpha value is -2.20. The molecule has 1 amide bonds. The Morgan fingerprint density at radius 1 is 1.21 bits per heavy atom. The summed E-state index contributed by atoms with van der Waals surface area (Å²) in [5.41, 5.74) is 2.57. The van der Waals surface area contributed by atoms with Gasteiger partial charge in [0.2, 0.25) is 5.91 Å². The Morgan fingerprint density at radius 2 is 2.04 bits per heavy atom. The largest absolute Gasteiger partial charge is 0.355 e. The van der Waals surface area contributed by atoms with E-state index in [2.05, 4.69) is 10.6 Å². The van der Waals surface area contributed by atoms with Crippen LogP contribution in [-0.4, -0.2) is 18.5 Å². The molecule has 1 fully saturated rings. The van der Waals surface area contributed by atoms with Crippen molar-refractivity contribution in [2.75, 3.05) is 6.54 Å². The highest BCUT2D eigenvalue weighted by Crippen LogP contribution is 2.30. The topological polar surface area (TPSA) is 41.1 Å². The summed E-state index contributed by atoms with van der Waals surface area (Å²) in [4.78, 5) is 12.1. The molecule has 3 nitrogen and oxygen atoms in total. The Morgan fingerprint density at radius 3 is 2.83 bits per heavy atom. The van der Waals surface area contributed by atoms with Crippen LogP contribution >= 0.6 is 0 Å². The first-order valence-corrected chi connectivity index (χ1v) is 8.57.